The fourth-order valence-electron chi connectivity index (χ4n) is 7.17. The molecule has 6 aromatic rings. The number of hydrogen-bond donors (Lipinski definition) is 2. The van der Waals surface area contributed by atoms with Crippen molar-refractivity contribution in [1.29, 1.82) is 0 Å². The van der Waals surface area contributed by atoms with Crippen LogP contribution >= 0.6 is 0 Å². The van der Waals surface area contributed by atoms with E-state index in [9.17, 15) is 29.4 Å². The summed E-state index contributed by atoms with van der Waals surface area (Å²) in [4.78, 5) is 50.1. The number of rotatable bonds is 29. The zero-order chi connectivity index (χ0) is 47.0. The van der Waals surface area contributed by atoms with Crippen LogP contribution in [0.1, 0.15) is 63.7 Å². The molecule has 0 aliphatic rings. The van der Waals surface area contributed by atoms with Crippen LogP contribution in [0.25, 0.3) is 11.0 Å². The number of hydrogen-bond acceptors (Lipinski definition) is 16. The summed E-state index contributed by atoms with van der Waals surface area (Å²) in [6.45, 7) is 8.36. The number of aromatic nitrogens is 2. The van der Waals surface area contributed by atoms with E-state index in [-0.39, 0.29) is 131 Å². The maximum absolute atomic E-state index is 13.5. The SMILES string of the molecule is Cc1c(C(=O)c2ccc(N)c(C(=O)[O-])c2)c2ccccn2c1OCCOCCOCCOCCOCCOCCOCCOc1c(C)c(C(=O)c2ccc(N)c(C(=O)[O-])c2)c2ccccn12.[Na+].[Na+]. The average Bonchev–Trinajstić information content (AvgIpc) is 3.75. The molecule has 6 rings (SSSR count). The Morgan fingerprint density at radius 2 is 0.779 bits per heavy atom. The summed E-state index contributed by atoms with van der Waals surface area (Å²) in [6, 6.07) is 19.0. The van der Waals surface area contributed by atoms with Crippen LogP contribution in [0.5, 0.6) is 11.8 Å². The minimum Gasteiger partial charge on any atom is -0.545 e. The number of aromatic carboxylic acids is 2. The van der Waals surface area contributed by atoms with Crippen LogP contribution in [-0.4, -0.2) is 125 Å². The molecule has 4 aromatic heterocycles. The van der Waals surface area contributed by atoms with Gasteiger partial charge in [0.2, 0.25) is 11.8 Å². The Balaban J connectivity index is 0.00000504. The van der Waals surface area contributed by atoms with Gasteiger partial charge in [0, 0.05) is 57.1 Å². The first-order valence-electron chi connectivity index (χ1n) is 21.2. The minimum atomic E-state index is -1.46. The number of benzene rings is 2. The fraction of sp³-hybridized carbons (Fsp3) is 0.333. The molecule has 0 radical (unpaired) electrons. The van der Waals surface area contributed by atoms with Gasteiger partial charge in [-0.3, -0.25) is 18.4 Å². The second-order valence-electron chi connectivity index (χ2n) is 14.7. The van der Waals surface area contributed by atoms with Crippen LogP contribution in [-0.2, 0) is 28.4 Å². The Bertz CT molecular complexity index is 2470. The maximum Gasteiger partial charge on any atom is 1.00 e. The topological polar surface area (TPSA) is 249 Å². The first-order valence-corrected chi connectivity index (χ1v) is 21.2. The second-order valence-corrected chi connectivity index (χ2v) is 14.7. The number of fused-ring (bicyclic) bond motifs is 2. The molecule has 0 bridgehead atoms. The van der Waals surface area contributed by atoms with Crippen molar-refractivity contribution in [3.05, 3.63) is 130 Å². The van der Waals surface area contributed by atoms with E-state index in [4.69, 9.17) is 49.4 Å². The number of nitrogen functional groups attached to an aromatic ring is 2. The zero-order valence-corrected chi connectivity index (χ0v) is 42.7. The van der Waals surface area contributed by atoms with Crippen LogP contribution in [0.4, 0.5) is 11.4 Å². The third-order valence-corrected chi connectivity index (χ3v) is 10.4. The maximum atomic E-state index is 13.5. The van der Waals surface area contributed by atoms with Crippen molar-refractivity contribution in [3.8, 4) is 11.8 Å². The number of ketones is 2. The van der Waals surface area contributed by atoms with Gasteiger partial charge in [-0.2, -0.15) is 0 Å². The standard InChI is InChI=1S/C48H54N4O14.2Na/c1-31-41(43(53)33-9-11-37(49)35(29-33)47(55)56)39-7-3-5-13-51(39)45(31)65-27-25-63-23-21-61-19-17-59-15-16-60-18-20-62-22-24-64-26-28-66-46-32(2)42(40-8-4-6-14-52(40)46)44(54)34-10-12-38(50)36(30-34)48(57)58;;/h3-14,29-30H,15-28,49-50H2,1-2H3,(H,55,56)(H,57,58);;/q;2*+1/p-2. The monoisotopic (exact) mass is 954 g/mol. The van der Waals surface area contributed by atoms with E-state index in [1.165, 1.54) is 36.4 Å². The third kappa shape index (κ3) is 14.4. The number of carboxylic acids is 2. The van der Waals surface area contributed by atoms with E-state index >= 15 is 0 Å². The van der Waals surface area contributed by atoms with E-state index in [1.54, 1.807) is 59.3 Å². The minimum absolute atomic E-state index is 0. The van der Waals surface area contributed by atoms with Crippen molar-refractivity contribution >= 4 is 45.9 Å². The molecular formula is C48H52N4Na2O14. The van der Waals surface area contributed by atoms with E-state index in [1.807, 2.05) is 12.1 Å². The number of carboxylic acid groups (broad SMARTS) is 2. The molecule has 350 valence electrons. The van der Waals surface area contributed by atoms with Gasteiger partial charge in [0.1, 0.15) is 13.2 Å². The number of carbonyl (C=O) groups excluding carboxylic acids is 4. The second kappa shape index (κ2) is 28.0. The van der Waals surface area contributed by atoms with Gasteiger partial charge < -0.3 is 69.2 Å². The number of nitrogens with two attached hydrogens (primary N) is 2. The molecule has 0 amide bonds. The summed E-state index contributed by atoms with van der Waals surface area (Å²) >= 11 is 0. The van der Waals surface area contributed by atoms with Crippen molar-refractivity contribution in [3.63, 3.8) is 0 Å². The van der Waals surface area contributed by atoms with Gasteiger partial charge in [0.25, 0.3) is 0 Å². The average molecular weight is 955 g/mol. The zero-order valence-electron chi connectivity index (χ0n) is 38.7. The van der Waals surface area contributed by atoms with Gasteiger partial charge in [0.15, 0.2) is 11.6 Å². The summed E-state index contributed by atoms with van der Waals surface area (Å²) in [5.41, 5.74) is 14.6. The largest absolute Gasteiger partial charge is 1.00 e. The Morgan fingerprint density at radius 3 is 1.09 bits per heavy atom. The van der Waals surface area contributed by atoms with E-state index in [0.717, 1.165) is 0 Å². The smallest absolute Gasteiger partial charge is 0.545 e. The van der Waals surface area contributed by atoms with Crippen molar-refractivity contribution < 1.29 is 126 Å². The Kier molecular flexibility index (Phi) is 23.0. The van der Waals surface area contributed by atoms with Crippen molar-refractivity contribution in [2.45, 2.75) is 13.8 Å². The van der Waals surface area contributed by atoms with Gasteiger partial charge in [-0.15, -0.1) is 0 Å². The first-order chi connectivity index (χ1) is 32.0. The number of anilines is 2. The number of nitrogens with zero attached hydrogens (tertiary/aromatic N) is 2. The molecule has 0 fully saturated rings. The predicted molar refractivity (Wildman–Crippen MR) is 237 cm³/mol. The van der Waals surface area contributed by atoms with Gasteiger partial charge in [0.05, 0.1) is 113 Å². The van der Waals surface area contributed by atoms with Gasteiger partial charge >= 0.3 is 59.1 Å². The van der Waals surface area contributed by atoms with Crippen LogP contribution in [0.2, 0.25) is 0 Å². The van der Waals surface area contributed by atoms with Crippen LogP contribution < -0.4 is 90.3 Å². The Morgan fingerprint density at radius 1 is 0.471 bits per heavy atom. The number of pyridine rings is 2. The first kappa shape index (κ1) is 55.8. The summed E-state index contributed by atoms with van der Waals surface area (Å²) in [6.07, 6.45) is 3.57. The van der Waals surface area contributed by atoms with Gasteiger partial charge in [-0.25, -0.2) is 0 Å². The molecule has 0 spiro atoms. The molecule has 0 saturated carbocycles. The van der Waals surface area contributed by atoms with E-state index in [0.29, 0.717) is 111 Å². The third-order valence-electron chi connectivity index (χ3n) is 10.4. The van der Waals surface area contributed by atoms with E-state index in [2.05, 4.69) is 0 Å². The molecule has 4 N–H and O–H groups in total. The van der Waals surface area contributed by atoms with Crippen LogP contribution in [0, 0.1) is 13.8 Å². The predicted octanol–water partition coefficient (Wildman–Crippen LogP) is -3.27. The molecule has 0 unspecified atom stereocenters. The van der Waals surface area contributed by atoms with Crippen LogP contribution in [0.3, 0.4) is 0 Å². The molecule has 20 heteroatoms. The van der Waals surface area contributed by atoms with Crippen molar-refractivity contribution in [2.75, 3.05) is 104 Å². The molecule has 18 nitrogen and oxygen atoms in total. The van der Waals surface area contributed by atoms with Crippen molar-refractivity contribution in [2.24, 2.45) is 0 Å². The summed E-state index contributed by atoms with van der Waals surface area (Å²) in [5, 5.41) is 23.0. The molecule has 2 aromatic carbocycles. The quantitative estimate of drug-likeness (QED) is 0.0203. The number of carbonyl (C=O) groups is 4. The molecule has 0 aliphatic heterocycles. The Hall–Kier alpha value is -4.80. The molecule has 68 heavy (non-hydrogen) atoms. The molecule has 4 heterocycles. The summed E-state index contributed by atoms with van der Waals surface area (Å²) in [7, 11) is 0. The fourth-order valence-corrected chi connectivity index (χ4v) is 7.17. The molecular weight excluding hydrogens is 903 g/mol. The molecule has 0 saturated heterocycles. The summed E-state index contributed by atoms with van der Waals surface area (Å²) < 4.78 is 49.2. The van der Waals surface area contributed by atoms with Gasteiger partial charge in [-0.05, 0) is 74.5 Å². The Labute approximate surface area is 437 Å². The molecule has 0 atom stereocenters. The normalized spacial score (nSPS) is 11.0. The van der Waals surface area contributed by atoms with Crippen LogP contribution in [0.15, 0.2) is 85.2 Å². The van der Waals surface area contributed by atoms with E-state index < -0.39 is 11.9 Å². The number of ether oxygens (including phenoxy) is 8. The van der Waals surface area contributed by atoms with Crippen molar-refractivity contribution in [1.82, 2.24) is 8.80 Å². The summed E-state index contributed by atoms with van der Waals surface area (Å²) in [5.74, 6) is -2.70. The molecule has 0 aliphatic carbocycles. The van der Waals surface area contributed by atoms with Gasteiger partial charge in [-0.1, -0.05) is 12.1 Å².